The Balaban J connectivity index is 1.89. The first-order valence-corrected chi connectivity index (χ1v) is 7.68. The molecule has 0 bridgehead atoms. The molecule has 2 amide bonds. The third-order valence-electron chi connectivity index (χ3n) is 3.41. The Kier molecular flexibility index (Phi) is 6.45. The van der Waals surface area contributed by atoms with Crippen molar-refractivity contribution in [2.75, 3.05) is 32.6 Å². The van der Waals surface area contributed by atoms with Gasteiger partial charge in [0.2, 0.25) is 0 Å². The van der Waals surface area contributed by atoms with Gasteiger partial charge in [0.15, 0.2) is 0 Å². The average molecular weight is 329 g/mol. The topological polar surface area (TPSA) is 66.7 Å². The average Bonchev–Trinajstić information content (AvgIpc) is 3.07. The fourth-order valence-electron chi connectivity index (χ4n) is 2.20. The third kappa shape index (κ3) is 5.17. The van der Waals surface area contributed by atoms with E-state index in [0.717, 1.165) is 5.76 Å². The maximum Gasteiger partial charge on any atom is 0.319 e. The van der Waals surface area contributed by atoms with Crippen LogP contribution < -0.4 is 15.4 Å². The largest absolute Gasteiger partial charge is 0.489 e. The summed E-state index contributed by atoms with van der Waals surface area (Å²) in [6, 6.07) is 10.6. The monoisotopic (exact) mass is 329 g/mol. The number of benzene rings is 1. The molecule has 0 fully saturated rings. The highest BCUT2D eigenvalue weighted by Gasteiger charge is 2.17. The van der Waals surface area contributed by atoms with E-state index in [1.165, 1.54) is 0 Å². The molecule has 2 aromatic rings. The van der Waals surface area contributed by atoms with Gasteiger partial charge in [0, 0.05) is 18.3 Å². The molecule has 6 nitrogen and oxygen atoms in total. The minimum Gasteiger partial charge on any atom is -0.489 e. The fourth-order valence-corrected chi connectivity index (χ4v) is 2.20. The number of likely N-dealkylation sites (N-methyl/N-ethyl adjacent to an activating group) is 1. The summed E-state index contributed by atoms with van der Waals surface area (Å²) in [5.41, 5.74) is 0.661. The predicted octanol–water partition coefficient (Wildman–Crippen LogP) is 3.27. The van der Waals surface area contributed by atoms with Crippen molar-refractivity contribution in [2.24, 2.45) is 0 Å². The number of anilines is 1. The molecule has 2 N–H and O–H groups in total. The van der Waals surface area contributed by atoms with Crippen LogP contribution in [0.3, 0.4) is 0 Å². The molecule has 0 saturated carbocycles. The summed E-state index contributed by atoms with van der Waals surface area (Å²) in [6.45, 7) is 4.46. The van der Waals surface area contributed by atoms with Crippen LogP contribution in [-0.4, -0.2) is 38.2 Å². The van der Waals surface area contributed by atoms with Crippen LogP contribution in [0.4, 0.5) is 10.5 Å². The first-order chi connectivity index (χ1) is 11.6. The predicted molar refractivity (Wildman–Crippen MR) is 94.3 cm³/mol. The van der Waals surface area contributed by atoms with Crippen LogP contribution in [0.5, 0.6) is 5.75 Å². The Labute approximate surface area is 142 Å². The quantitative estimate of drug-likeness (QED) is 0.730. The lowest BCUT2D eigenvalue weighted by molar-refractivity contribution is 0.233. The summed E-state index contributed by atoms with van der Waals surface area (Å²) in [5, 5.41) is 5.65. The summed E-state index contributed by atoms with van der Waals surface area (Å²) in [7, 11) is 3.88. The number of hydrogen-bond acceptors (Lipinski definition) is 4. The highest BCUT2D eigenvalue weighted by atomic mass is 16.5. The lowest BCUT2D eigenvalue weighted by atomic mass is 10.2. The molecule has 24 heavy (non-hydrogen) atoms. The summed E-state index contributed by atoms with van der Waals surface area (Å²) < 4.78 is 10.9. The summed E-state index contributed by atoms with van der Waals surface area (Å²) in [4.78, 5) is 14.1. The fraction of sp³-hybridized carbons (Fsp3) is 0.278. The van der Waals surface area contributed by atoms with Gasteiger partial charge in [-0.15, -0.1) is 0 Å². The number of carbonyl (C=O) groups is 1. The molecule has 1 aromatic heterocycles. The Morgan fingerprint density at radius 2 is 2.21 bits per heavy atom. The van der Waals surface area contributed by atoms with Crippen molar-refractivity contribution < 1.29 is 13.9 Å². The highest BCUT2D eigenvalue weighted by Crippen LogP contribution is 2.19. The van der Waals surface area contributed by atoms with Crippen molar-refractivity contribution in [3.63, 3.8) is 0 Å². The van der Waals surface area contributed by atoms with Crippen molar-refractivity contribution in [3.8, 4) is 5.75 Å². The molecule has 0 saturated heterocycles. The molecule has 1 unspecified atom stereocenters. The van der Waals surface area contributed by atoms with E-state index in [0.29, 0.717) is 24.6 Å². The van der Waals surface area contributed by atoms with Crippen LogP contribution in [0.15, 0.2) is 59.7 Å². The van der Waals surface area contributed by atoms with Gasteiger partial charge in [0.1, 0.15) is 18.1 Å². The van der Waals surface area contributed by atoms with E-state index in [1.54, 1.807) is 24.5 Å². The number of nitrogens with zero attached hydrogens (tertiary/aromatic N) is 1. The molecule has 1 aromatic carbocycles. The van der Waals surface area contributed by atoms with Gasteiger partial charge in [-0.1, -0.05) is 18.7 Å². The number of hydrogen-bond donors (Lipinski definition) is 2. The van der Waals surface area contributed by atoms with Gasteiger partial charge >= 0.3 is 6.03 Å². The van der Waals surface area contributed by atoms with Crippen molar-refractivity contribution in [3.05, 3.63) is 61.1 Å². The minimum atomic E-state index is -0.283. The van der Waals surface area contributed by atoms with E-state index >= 15 is 0 Å². The zero-order valence-electron chi connectivity index (χ0n) is 14.0. The number of nitrogens with one attached hydrogen (secondary N) is 2. The molecule has 0 aliphatic heterocycles. The van der Waals surface area contributed by atoms with Crippen molar-refractivity contribution in [1.29, 1.82) is 0 Å². The van der Waals surface area contributed by atoms with Crippen LogP contribution >= 0.6 is 0 Å². The van der Waals surface area contributed by atoms with E-state index in [2.05, 4.69) is 17.2 Å². The van der Waals surface area contributed by atoms with E-state index in [9.17, 15) is 4.79 Å². The van der Waals surface area contributed by atoms with Crippen molar-refractivity contribution in [2.45, 2.75) is 6.04 Å². The number of amides is 2. The van der Waals surface area contributed by atoms with Gasteiger partial charge in [-0.05, 0) is 38.4 Å². The molecule has 1 heterocycles. The normalized spacial score (nSPS) is 11.8. The molecular formula is C18H23N3O3. The lowest BCUT2D eigenvalue weighted by Gasteiger charge is -2.22. The standard InChI is InChI=1S/C18H23N3O3/c1-4-10-23-15-8-5-7-14(12-15)20-18(22)19-13-16(21(2)3)17-9-6-11-24-17/h4-9,11-12,16H,1,10,13H2,2-3H3,(H2,19,20,22). The Hall–Kier alpha value is -2.73. The second-order valence-electron chi connectivity index (χ2n) is 5.46. The molecular weight excluding hydrogens is 306 g/mol. The maximum absolute atomic E-state index is 12.1. The zero-order chi connectivity index (χ0) is 17.4. The SMILES string of the molecule is C=CCOc1cccc(NC(=O)NCC(c2ccco2)N(C)C)c1. The number of carbonyl (C=O) groups excluding carboxylic acids is 1. The lowest BCUT2D eigenvalue weighted by Crippen LogP contribution is -2.36. The third-order valence-corrected chi connectivity index (χ3v) is 3.41. The van der Waals surface area contributed by atoms with Crippen molar-refractivity contribution >= 4 is 11.7 Å². The number of rotatable bonds is 8. The first-order valence-electron chi connectivity index (χ1n) is 7.68. The van der Waals surface area contributed by atoms with Gasteiger partial charge in [-0.25, -0.2) is 4.79 Å². The number of ether oxygens (including phenoxy) is 1. The second kappa shape index (κ2) is 8.79. The highest BCUT2D eigenvalue weighted by molar-refractivity contribution is 5.89. The first kappa shape index (κ1) is 17.6. The molecule has 6 heteroatoms. The van der Waals surface area contributed by atoms with Gasteiger partial charge in [-0.3, -0.25) is 4.90 Å². The Bertz CT molecular complexity index is 653. The van der Waals surface area contributed by atoms with Crippen LogP contribution in [-0.2, 0) is 0 Å². The molecule has 0 aliphatic rings. The zero-order valence-corrected chi connectivity index (χ0v) is 14.0. The van der Waals surface area contributed by atoms with Crippen molar-refractivity contribution in [1.82, 2.24) is 10.2 Å². The molecule has 1 atom stereocenters. The van der Waals surface area contributed by atoms with Crippen LogP contribution in [0, 0.1) is 0 Å². The van der Waals surface area contributed by atoms with Gasteiger partial charge in [0.25, 0.3) is 0 Å². The van der Waals surface area contributed by atoms with E-state index < -0.39 is 0 Å². The maximum atomic E-state index is 12.1. The summed E-state index contributed by atoms with van der Waals surface area (Å²) in [5.74, 6) is 1.48. The molecule has 0 spiro atoms. The van der Waals surface area contributed by atoms with E-state index in [-0.39, 0.29) is 12.1 Å². The van der Waals surface area contributed by atoms with Gasteiger partial charge in [0.05, 0.1) is 12.3 Å². The van der Waals surface area contributed by atoms with Crippen LogP contribution in [0.1, 0.15) is 11.8 Å². The number of urea groups is 1. The molecule has 0 radical (unpaired) electrons. The summed E-state index contributed by atoms with van der Waals surface area (Å²) >= 11 is 0. The second-order valence-corrected chi connectivity index (χ2v) is 5.46. The summed E-state index contributed by atoms with van der Waals surface area (Å²) in [6.07, 6.45) is 3.30. The van der Waals surface area contributed by atoms with Gasteiger partial charge < -0.3 is 19.8 Å². The smallest absolute Gasteiger partial charge is 0.319 e. The number of furan rings is 1. The minimum absolute atomic E-state index is 0.0343. The van der Waals surface area contributed by atoms with E-state index in [4.69, 9.17) is 9.15 Å². The van der Waals surface area contributed by atoms with Crippen LogP contribution in [0.2, 0.25) is 0 Å². The molecule has 2 rings (SSSR count). The Morgan fingerprint density at radius 1 is 1.38 bits per heavy atom. The van der Waals surface area contributed by atoms with E-state index in [1.807, 2.05) is 43.3 Å². The molecule has 0 aliphatic carbocycles. The van der Waals surface area contributed by atoms with Crippen LogP contribution in [0.25, 0.3) is 0 Å². The Morgan fingerprint density at radius 3 is 2.88 bits per heavy atom. The van der Waals surface area contributed by atoms with Gasteiger partial charge in [-0.2, -0.15) is 0 Å². The molecule has 128 valence electrons.